The topological polar surface area (TPSA) is 26.3 Å². The predicted octanol–water partition coefficient (Wildman–Crippen LogP) is 4.28. The minimum absolute atomic E-state index is 0.107. The highest BCUT2D eigenvalue weighted by Gasteiger charge is 2.58. The molecule has 2 heteroatoms. The second kappa shape index (κ2) is 5.10. The van der Waals surface area contributed by atoms with Gasteiger partial charge in [-0.05, 0) is 48.9 Å². The summed E-state index contributed by atoms with van der Waals surface area (Å²) >= 11 is 0. The standard InChI is InChI=1S/C17H30O2/c1-10(2)17(19-14(6)18)12(4)7-11(3)8-15-9-16(17)13(15)5/h10-13,15-16H,7-9H2,1-6H3. The smallest absolute Gasteiger partial charge is 0.303 e. The zero-order valence-electron chi connectivity index (χ0n) is 13.4. The minimum atomic E-state index is -0.240. The molecule has 0 spiro atoms. The molecule has 2 bridgehead atoms. The predicted molar refractivity (Wildman–Crippen MR) is 77.7 cm³/mol. The van der Waals surface area contributed by atoms with E-state index < -0.39 is 0 Å². The van der Waals surface area contributed by atoms with Gasteiger partial charge in [0.15, 0.2) is 0 Å². The van der Waals surface area contributed by atoms with Gasteiger partial charge in [0.1, 0.15) is 5.60 Å². The van der Waals surface area contributed by atoms with Crippen molar-refractivity contribution in [3.8, 4) is 0 Å². The molecule has 0 heterocycles. The first-order valence-electron chi connectivity index (χ1n) is 7.98. The number of esters is 1. The van der Waals surface area contributed by atoms with E-state index in [1.54, 1.807) is 6.92 Å². The summed E-state index contributed by atoms with van der Waals surface area (Å²) in [5, 5.41) is 0. The molecular weight excluding hydrogens is 236 g/mol. The molecule has 3 aliphatic rings. The van der Waals surface area contributed by atoms with Crippen LogP contribution in [0.15, 0.2) is 0 Å². The maximum absolute atomic E-state index is 11.7. The van der Waals surface area contributed by atoms with Gasteiger partial charge in [-0.15, -0.1) is 0 Å². The van der Waals surface area contributed by atoms with Gasteiger partial charge in [-0.3, -0.25) is 4.79 Å². The zero-order chi connectivity index (χ0) is 14.4. The van der Waals surface area contributed by atoms with E-state index in [4.69, 9.17) is 4.74 Å². The highest BCUT2D eigenvalue weighted by molar-refractivity contribution is 5.66. The van der Waals surface area contributed by atoms with Gasteiger partial charge in [0.2, 0.25) is 0 Å². The third kappa shape index (κ3) is 2.32. The average Bonchev–Trinajstić information content (AvgIpc) is 2.28. The largest absolute Gasteiger partial charge is 0.458 e. The monoisotopic (exact) mass is 266 g/mol. The van der Waals surface area contributed by atoms with Crippen molar-refractivity contribution in [2.24, 2.45) is 35.5 Å². The van der Waals surface area contributed by atoms with Crippen LogP contribution in [0.4, 0.5) is 0 Å². The summed E-state index contributed by atoms with van der Waals surface area (Å²) in [4.78, 5) is 11.7. The molecule has 3 fully saturated rings. The normalized spacial score (nSPS) is 46.2. The molecule has 0 aliphatic heterocycles. The summed E-state index contributed by atoms with van der Waals surface area (Å²) in [6.45, 7) is 13.0. The lowest BCUT2D eigenvalue weighted by Crippen LogP contribution is -2.61. The van der Waals surface area contributed by atoms with Gasteiger partial charge in [-0.1, -0.05) is 34.6 Å². The highest BCUT2D eigenvalue weighted by atomic mass is 16.6. The Kier molecular flexibility index (Phi) is 3.99. The van der Waals surface area contributed by atoms with E-state index in [0.29, 0.717) is 23.7 Å². The van der Waals surface area contributed by atoms with Crippen LogP contribution in [0.2, 0.25) is 0 Å². The van der Waals surface area contributed by atoms with Gasteiger partial charge < -0.3 is 4.74 Å². The molecule has 0 aromatic rings. The quantitative estimate of drug-likeness (QED) is 0.697. The van der Waals surface area contributed by atoms with Crippen LogP contribution in [-0.4, -0.2) is 11.6 Å². The number of carbonyl (C=O) groups is 1. The minimum Gasteiger partial charge on any atom is -0.458 e. The average molecular weight is 266 g/mol. The molecule has 110 valence electrons. The first kappa shape index (κ1) is 14.9. The molecule has 3 aliphatic carbocycles. The molecule has 3 rings (SSSR count). The van der Waals surface area contributed by atoms with Crippen LogP contribution < -0.4 is 0 Å². The maximum atomic E-state index is 11.7. The van der Waals surface area contributed by atoms with Crippen molar-refractivity contribution in [2.75, 3.05) is 0 Å². The van der Waals surface area contributed by atoms with Crippen molar-refractivity contribution in [1.82, 2.24) is 0 Å². The first-order chi connectivity index (χ1) is 8.79. The molecule has 0 amide bonds. The molecule has 2 nitrogen and oxygen atoms in total. The number of rotatable bonds is 2. The van der Waals surface area contributed by atoms with Crippen molar-refractivity contribution < 1.29 is 9.53 Å². The van der Waals surface area contributed by atoms with Crippen LogP contribution in [-0.2, 0) is 9.53 Å². The molecule has 3 saturated carbocycles. The summed E-state index contributed by atoms with van der Waals surface area (Å²) in [5.74, 6) is 3.60. The molecule has 0 saturated heterocycles. The lowest BCUT2D eigenvalue weighted by molar-refractivity contribution is -0.214. The maximum Gasteiger partial charge on any atom is 0.303 e. The SMILES string of the molecule is CC(=O)OC1(C(C)C)C(C)CC(C)CC2CC1C2C. The van der Waals surface area contributed by atoms with E-state index >= 15 is 0 Å². The molecule has 6 unspecified atom stereocenters. The molecule has 0 aromatic heterocycles. The Labute approximate surface area is 118 Å². The Balaban J connectivity index is 2.37. The Morgan fingerprint density at radius 1 is 1.16 bits per heavy atom. The summed E-state index contributed by atoms with van der Waals surface area (Å²) < 4.78 is 6.02. The summed E-state index contributed by atoms with van der Waals surface area (Å²) in [6, 6.07) is 0. The van der Waals surface area contributed by atoms with Gasteiger partial charge >= 0.3 is 5.97 Å². The van der Waals surface area contributed by atoms with Crippen LogP contribution in [0.5, 0.6) is 0 Å². The van der Waals surface area contributed by atoms with Crippen molar-refractivity contribution >= 4 is 5.97 Å². The van der Waals surface area contributed by atoms with Gasteiger partial charge in [0.25, 0.3) is 0 Å². The number of ether oxygens (including phenoxy) is 1. The van der Waals surface area contributed by atoms with Gasteiger partial charge in [0, 0.05) is 12.8 Å². The number of hydrogen-bond acceptors (Lipinski definition) is 2. The van der Waals surface area contributed by atoms with Crippen LogP contribution in [0.3, 0.4) is 0 Å². The molecule has 0 radical (unpaired) electrons. The van der Waals surface area contributed by atoms with E-state index in [-0.39, 0.29) is 11.6 Å². The lowest BCUT2D eigenvalue weighted by atomic mass is 9.49. The van der Waals surface area contributed by atoms with E-state index in [1.807, 2.05) is 0 Å². The number of fused-ring (bicyclic) bond motifs is 4. The zero-order valence-corrected chi connectivity index (χ0v) is 13.4. The van der Waals surface area contributed by atoms with E-state index in [9.17, 15) is 4.79 Å². The second-order valence-corrected chi connectivity index (χ2v) is 7.54. The Morgan fingerprint density at radius 3 is 2.26 bits per heavy atom. The fourth-order valence-corrected chi connectivity index (χ4v) is 5.10. The van der Waals surface area contributed by atoms with Crippen molar-refractivity contribution in [3.63, 3.8) is 0 Å². The number of hydrogen-bond donors (Lipinski definition) is 0. The lowest BCUT2D eigenvalue weighted by Gasteiger charge is -2.59. The van der Waals surface area contributed by atoms with Crippen LogP contribution in [0.1, 0.15) is 60.8 Å². The van der Waals surface area contributed by atoms with Crippen molar-refractivity contribution in [2.45, 2.75) is 66.4 Å². The molecular formula is C17H30O2. The second-order valence-electron chi connectivity index (χ2n) is 7.54. The number of carbonyl (C=O) groups excluding carboxylic acids is 1. The fraction of sp³-hybridized carbons (Fsp3) is 0.941. The molecule has 0 N–H and O–H groups in total. The third-order valence-corrected chi connectivity index (χ3v) is 5.97. The van der Waals surface area contributed by atoms with Gasteiger partial charge in [-0.2, -0.15) is 0 Å². The summed E-state index contributed by atoms with van der Waals surface area (Å²) in [5.41, 5.74) is -0.240. The Morgan fingerprint density at radius 2 is 1.79 bits per heavy atom. The summed E-state index contributed by atoms with van der Waals surface area (Å²) in [7, 11) is 0. The third-order valence-electron chi connectivity index (χ3n) is 5.97. The first-order valence-corrected chi connectivity index (χ1v) is 7.98. The Hall–Kier alpha value is -0.530. The van der Waals surface area contributed by atoms with E-state index in [0.717, 1.165) is 11.8 Å². The van der Waals surface area contributed by atoms with Crippen LogP contribution in [0.25, 0.3) is 0 Å². The Bertz CT molecular complexity index is 349. The molecule has 0 aromatic carbocycles. The van der Waals surface area contributed by atoms with E-state index in [1.165, 1.54) is 19.3 Å². The van der Waals surface area contributed by atoms with Gasteiger partial charge in [-0.25, -0.2) is 0 Å². The van der Waals surface area contributed by atoms with Crippen LogP contribution in [0, 0.1) is 35.5 Å². The summed E-state index contributed by atoms with van der Waals surface area (Å²) in [6.07, 6.45) is 3.79. The molecule has 6 atom stereocenters. The molecule has 19 heavy (non-hydrogen) atoms. The van der Waals surface area contributed by atoms with Crippen molar-refractivity contribution in [1.29, 1.82) is 0 Å². The van der Waals surface area contributed by atoms with Crippen molar-refractivity contribution in [3.05, 3.63) is 0 Å². The highest BCUT2D eigenvalue weighted by Crippen LogP contribution is 2.58. The van der Waals surface area contributed by atoms with Gasteiger partial charge in [0.05, 0.1) is 0 Å². The van der Waals surface area contributed by atoms with Crippen LogP contribution >= 0.6 is 0 Å². The van der Waals surface area contributed by atoms with E-state index in [2.05, 4.69) is 34.6 Å². The fourth-order valence-electron chi connectivity index (χ4n) is 5.10.